The van der Waals surface area contributed by atoms with Crippen molar-refractivity contribution in [3.8, 4) is 11.4 Å². The van der Waals surface area contributed by atoms with Crippen LogP contribution in [0, 0.1) is 6.92 Å². The molecule has 1 saturated carbocycles. The Kier molecular flexibility index (Phi) is 5.40. The Hall–Kier alpha value is -2.51. The first-order valence-corrected chi connectivity index (χ1v) is 11.5. The van der Waals surface area contributed by atoms with Crippen LogP contribution in [0.1, 0.15) is 29.9 Å². The van der Waals surface area contributed by atoms with Gasteiger partial charge in [0.05, 0.1) is 12.0 Å². The molecule has 7 heteroatoms. The maximum absolute atomic E-state index is 13.3. The molecule has 2 fully saturated rings. The van der Waals surface area contributed by atoms with Gasteiger partial charge < -0.3 is 9.42 Å². The molecule has 0 spiro atoms. The molecule has 1 amide bonds. The fourth-order valence-corrected chi connectivity index (χ4v) is 4.79. The summed E-state index contributed by atoms with van der Waals surface area (Å²) in [6, 6.07) is 16.2. The monoisotopic (exact) mass is 480 g/mol. The van der Waals surface area contributed by atoms with Crippen molar-refractivity contribution < 1.29 is 9.32 Å². The minimum absolute atomic E-state index is 0.268. The van der Waals surface area contributed by atoms with Crippen LogP contribution in [0.4, 0.5) is 0 Å². The van der Waals surface area contributed by atoms with Crippen LogP contribution in [0.15, 0.2) is 57.5 Å². The quantitative estimate of drug-likeness (QED) is 0.547. The van der Waals surface area contributed by atoms with Gasteiger partial charge >= 0.3 is 0 Å². The molecule has 3 aromatic rings. The molecule has 1 saturated heterocycles. The molecule has 2 aliphatic rings. The van der Waals surface area contributed by atoms with E-state index < -0.39 is 0 Å². The van der Waals surface area contributed by atoms with Gasteiger partial charge in [-0.2, -0.15) is 4.98 Å². The molecule has 0 radical (unpaired) electrons. The number of hydrogen-bond donors (Lipinski definition) is 0. The van der Waals surface area contributed by atoms with Gasteiger partial charge in [0.1, 0.15) is 0 Å². The molecule has 0 atom stereocenters. The Balaban J connectivity index is 1.20. The third-order valence-electron chi connectivity index (χ3n) is 6.41. The summed E-state index contributed by atoms with van der Waals surface area (Å²) < 4.78 is 6.52. The van der Waals surface area contributed by atoms with Gasteiger partial charge in [0, 0.05) is 36.2 Å². The van der Waals surface area contributed by atoms with E-state index in [9.17, 15) is 4.79 Å². The first kappa shape index (κ1) is 20.4. The average Bonchev–Trinajstić information content (AvgIpc) is 3.47. The number of rotatable bonds is 5. The maximum Gasteiger partial charge on any atom is 0.241 e. The van der Waals surface area contributed by atoms with E-state index in [1.54, 1.807) is 0 Å². The lowest BCUT2D eigenvalue weighted by atomic mass is 9.94. The standard InChI is InChI=1S/C24H25BrN4O2/c1-17-5-2-3-8-20(17)22-26-21(31-27-22)16-28-11-13-29(14-12-28)23(30)24(9-10-24)18-6-4-7-19(25)15-18/h2-8,15H,9-14,16H2,1H3. The highest BCUT2D eigenvalue weighted by atomic mass is 79.9. The van der Waals surface area contributed by atoms with Gasteiger partial charge in [-0.3, -0.25) is 9.69 Å². The molecule has 0 bridgehead atoms. The Morgan fingerprint density at radius 1 is 1.10 bits per heavy atom. The van der Waals surface area contributed by atoms with Crippen LogP contribution in [0.25, 0.3) is 11.4 Å². The van der Waals surface area contributed by atoms with Crippen molar-refractivity contribution >= 4 is 21.8 Å². The SMILES string of the molecule is Cc1ccccc1-c1noc(CN2CCN(C(=O)C3(c4cccc(Br)c4)CC3)CC2)n1. The highest BCUT2D eigenvalue weighted by Gasteiger charge is 2.53. The molecule has 2 aromatic carbocycles. The number of hydrogen-bond acceptors (Lipinski definition) is 5. The van der Waals surface area contributed by atoms with Crippen molar-refractivity contribution in [1.29, 1.82) is 0 Å². The minimum atomic E-state index is -0.319. The summed E-state index contributed by atoms with van der Waals surface area (Å²) in [6.07, 6.45) is 1.87. The van der Waals surface area contributed by atoms with Crippen molar-refractivity contribution in [1.82, 2.24) is 19.9 Å². The van der Waals surface area contributed by atoms with Gasteiger partial charge in [0.15, 0.2) is 0 Å². The lowest BCUT2D eigenvalue weighted by molar-refractivity contribution is -0.135. The van der Waals surface area contributed by atoms with Crippen molar-refractivity contribution in [3.05, 3.63) is 70.0 Å². The van der Waals surface area contributed by atoms with Crippen LogP contribution in [-0.4, -0.2) is 52.0 Å². The van der Waals surface area contributed by atoms with Crippen molar-refractivity contribution in [2.75, 3.05) is 26.2 Å². The molecule has 0 unspecified atom stereocenters. The number of aryl methyl sites for hydroxylation is 1. The van der Waals surface area contributed by atoms with E-state index in [2.05, 4.69) is 43.1 Å². The van der Waals surface area contributed by atoms with Gasteiger partial charge in [-0.25, -0.2) is 0 Å². The molecule has 1 aliphatic heterocycles. The van der Waals surface area contributed by atoms with Crippen LogP contribution in [0.5, 0.6) is 0 Å². The lowest BCUT2D eigenvalue weighted by Crippen LogP contribution is -2.51. The Morgan fingerprint density at radius 2 is 1.87 bits per heavy atom. The lowest BCUT2D eigenvalue weighted by Gasteiger charge is -2.36. The zero-order valence-corrected chi connectivity index (χ0v) is 19.1. The first-order chi connectivity index (χ1) is 15.0. The second-order valence-corrected chi connectivity index (χ2v) is 9.40. The summed E-state index contributed by atoms with van der Waals surface area (Å²) >= 11 is 3.54. The summed E-state index contributed by atoms with van der Waals surface area (Å²) in [5, 5.41) is 4.16. The Morgan fingerprint density at radius 3 is 2.58 bits per heavy atom. The smallest absolute Gasteiger partial charge is 0.241 e. The number of carbonyl (C=O) groups is 1. The molecule has 6 nitrogen and oxygen atoms in total. The van der Waals surface area contributed by atoms with E-state index in [1.807, 2.05) is 48.2 Å². The first-order valence-electron chi connectivity index (χ1n) is 10.7. The Labute approximate surface area is 190 Å². The van der Waals surface area contributed by atoms with Crippen molar-refractivity contribution in [2.24, 2.45) is 0 Å². The number of piperazine rings is 1. The van der Waals surface area contributed by atoms with E-state index in [1.165, 1.54) is 0 Å². The molecular formula is C24H25BrN4O2. The highest BCUT2D eigenvalue weighted by molar-refractivity contribution is 9.10. The second-order valence-electron chi connectivity index (χ2n) is 8.49. The molecule has 2 heterocycles. The predicted octanol–water partition coefficient (Wildman–Crippen LogP) is 4.18. The zero-order valence-electron chi connectivity index (χ0n) is 17.6. The van der Waals surface area contributed by atoms with E-state index in [0.29, 0.717) is 18.3 Å². The third-order valence-corrected chi connectivity index (χ3v) is 6.90. The summed E-state index contributed by atoms with van der Waals surface area (Å²) in [5.41, 5.74) is 2.93. The van der Waals surface area contributed by atoms with E-state index in [-0.39, 0.29) is 11.3 Å². The number of amides is 1. The van der Waals surface area contributed by atoms with Crippen molar-refractivity contribution in [2.45, 2.75) is 31.7 Å². The molecule has 1 aliphatic carbocycles. The van der Waals surface area contributed by atoms with Crippen LogP contribution in [-0.2, 0) is 16.8 Å². The van der Waals surface area contributed by atoms with E-state index >= 15 is 0 Å². The molecule has 31 heavy (non-hydrogen) atoms. The summed E-state index contributed by atoms with van der Waals surface area (Å²) in [4.78, 5) is 22.2. The number of halogens is 1. The van der Waals surface area contributed by atoms with Crippen LogP contribution in [0.3, 0.4) is 0 Å². The van der Waals surface area contributed by atoms with Gasteiger partial charge in [0.25, 0.3) is 0 Å². The Bertz CT molecular complexity index is 1100. The van der Waals surface area contributed by atoms with Gasteiger partial charge in [-0.15, -0.1) is 0 Å². The van der Waals surface area contributed by atoms with Crippen LogP contribution < -0.4 is 0 Å². The molecule has 5 rings (SSSR count). The normalized spacial score (nSPS) is 18.2. The number of nitrogens with zero attached hydrogens (tertiary/aromatic N) is 4. The predicted molar refractivity (Wildman–Crippen MR) is 121 cm³/mol. The zero-order chi connectivity index (χ0) is 21.4. The topological polar surface area (TPSA) is 62.5 Å². The highest BCUT2D eigenvalue weighted by Crippen LogP contribution is 2.50. The van der Waals surface area contributed by atoms with E-state index in [4.69, 9.17) is 4.52 Å². The minimum Gasteiger partial charge on any atom is -0.339 e. The fourth-order valence-electron chi connectivity index (χ4n) is 4.39. The molecule has 160 valence electrons. The largest absolute Gasteiger partial charge is 0.339 e. The maximum atomic E-state index is 13.3. The summed E-state index contributed by atoms with van der Waals surface area (Å²) in [7, 11) is 0. The number of carbonyl (C=O) groups excluding carboxylic acids is 1. The van der Waals surface area contributed by atoms with Gasteiger partial charge in [0.2, 0.25) is 17.6 Å². The fraction of sp³-hybridized carbons (Fsp3) is 0.375. The second kappa shape index (κ2) is 8.20. The van der Waals surface area contributed by atoms with Gasteiger partial charge in [-0.05, 0) is 43.0 Å². The van der Waals surface area contributed by atoms with Gasteiger partial charge in [-0.1, -0.05) is 57.5 Å². The van der Waals surface area contributed by atoms with E-state index in [0.717, 1.165) is 60.2 Å². The molecular weight excluding hydrogens is 456 g/mol. The summed E-state index contributed by atoms with van der Waals surface area (Å²) in [5.74, 6) is 1.52. The number of benzene rings is 2. The molecule has 0 N–H and O–H groups in total. The van der Waals surface area contributed by atoms with Crippen LogP contribution >= 0.6 is 15.9 Å². The summed E-state index contributed by atoms with van der Waals surface area (Å²) in [6.45, 7) is 5.73. The molecule has 1 aromatic heterocycles. The van der Waals surface area contributed by atoms with Crippen LogP contribution in [0.2, 0.25) is 0 Å². The van der Waals surface area contributed by atoms with Crippen molar-refractivity contribution in [3.63, 3.8) is 0 Å². The average molecular weight is 481 g/mol. The third kappa shape index (κ3) is 4.04. The number of aromatic nitrogens is 2.